The molecule has 2 aromatic heterocycles. The second kappa shape index (κ2) is 11.0. The molecule has 2 fully saturated rings. The summed E-state index contributed by atoms with van der Waals surface area (Å²) in [5, 5.41) is 8.40. The van der Waals surface area contributed by atoms with Crippen LogP contribution < -0.4 is 5.69 Å². The van der Waals surface area contributed by atoms with Gasteiger partial charge in [0.05, 0.1) is 42.0 Å². The van der Waals surface area contributed by atoms with Crippen LogP contribution in [0.2, 0.25) is 0 Å². The lowest BCUT2D eigenvalue weighted by molar-refractivity contribution is -0.480. The lowest BCUT2D eigenvalue weighted by Gasteiger charge is -2.34. The van der Waals surface area contributed by atoms with Gasteiger partial charge >= 0.3 is 30.5 Å². The molecule has 1 atom stereocenters. The van der Waals surface area contributed by atoms with E-state index in [-0.39, 0.29) is 18.0 Å². The number of aromatic nitrogens is 2. The topological polar surface area (TPSA) is 86.9 Å². The molecule has 4 heterocycles. The number of piperazine rings is 1. The lowest BCUT2D eigenvalue weighted by Crippen LogP contribution is -2.48. The summed E-state index contributed by atoms with van der Waals surface area (Å²) in [6.07, 6.45) is 3.37. The summed E-state index contributed by atoms with van der Waals surface area (Å²) in [5.74, 6) is 0.345. The van der Waals surface area contributed by atoms with Crippen molar-refractivity contribution >= 4 is 17.9 Å². The van der Waals surface area contributed by atoms with Crippen LogP contribution in [0.15, 0.2) is 57.7 Å². The molecular weight excluding hydrogens is 551 g/mol. The van der Waals surface area contributed by atoms with Gasteiger partial charge in [-0.15, -0.1) is 0 Å². The molecule has 0 unspecified atom stereocenters. The Morgan fingerprint density at radius 3 is 2.52 bits per heavy atom. The largest absolute Gasteiger partial charge is 0.453 e. The Bertz CT molecular complexity index is 1610. The highest BCUT2D eigenvalue weighted by Crippen LogP contribution is 2.46. The molecule has 13 heteroatoms. The van der Waals surface area contributed by atoms with E-state index in [0.717, 1.165) is 41.5 Å². The fourth-order valence-electron chi connectivity index (χ4n) is 6.07. The van der Waals surface area contributed by atoms with Crippen molar-refractivity contribution in [3.63, 3.8) is 0 Å². The zero-order valence-corrected chi connectivity index (χ0v) is 23.4. The number of azo groups is 1. The summed E-state index contributed by atoms with van der Waals surface area (Å²) in [7, 11) is 3.21. The molecule has 3 aromatic rings. The predicted octanol–water partition coefficient (Wildman–Crippen LogP) is 4.50. The number of halogens is 3. The summed E-state index contributed by atoms with van der Waals surface area (Å²) < 4.78 is 51.9. The van der Waals surface area contributed by atoms with Gasteiger partial charge in [-0.3, -0.25) is 13.9 Å². The molecule has 1 radical (unpaired) electrons. The van der Waals surface area contributed by atoms with Crippen LogP contribution >= 0.6 is 0 Å². The number of nitrogens with zero attached hydrogens (tertiary/aromatic N) is 7. The van der Waals surface area contributed by atoms with Gasteiger partial charge in [0, 0.05) is 45.1 Å². The number of carbonyl (C=O) groups excluding carboxylic acids is 1. The minimum Gasteiger partial charge on any atom is -0.453 e. The van der Waals surface area contributed by atoms with Crippen molar-refractivity contribution in [2.45, 2.75) is 37.9 Å². The summed E-state index contributed by atoms with van der Waals surface area (Å²) in [6, 6.07) is 8.51. The first-order valence-corrected chi connectivity index (χ1v) is 14.0. The van der Waals surface area contributed by atoms with Crippen LogP contribution in [0.1, 0.15) is 41.9 Å². The molecule has 0 bridgehead atoms. The molecule has 1 aliphatic carbocycles. The van der Waals surface area contributed by atoms with Crippen LogP contribution in [0, 0.1) is 12.1 Å². The third-order valence-corrected chi connectivity index (χ3v) is 8.49. The first kappa shape index (κ1) is 28.1. The van der Waals surface area contributed by atoms with Gasteiger partial charge in [0.25, 0.3) is 0 Å². The van der Waals surface area contributed by atoms with Crippen molar-refractivity contribution < 1.29 is 27.3 Å². The first-order valence-electron chi connectivity index (χ1n) is 14.0. The number of ether oxygens (including phenoxy) is 1. The van der Waals surface area contributed by atoms with Crippen molar-refractivity contribution in [2.75, 3.05) is 40.3 Å². The molecule has 3 aliphatic rings. The van der Waals surface area contributed by atoms with Crippen LogP contribution in [0.25, 0.3) is 11.2 Å². The van der Waals surface area contributed by atoms with Gasteiger partial charge < -0.3 is 9.64 Å². The highest BCUT2D eigenvalue weighted by molar-refractivity contribution is 5.67. The Hall–Kier alpha value is -4.00. The summed E-state index contributed by atoms with van der Waals surface area (Å²) in [5.41, 5.74) is 0.137. The minimum atomic E-state index is -4.66. The number of fused-ring (bicyclic) bond motifs is 1. The summed E-state index contributed by atoms with van der Waals surface area (Å²) in [6.45, 7) is 1.98. The third kappa shape index (κ3) is 5.21. The Balaban J connectivity index is 1.34. The van der Waals surface area contributed by atoms with Crippen LogP contribution in [0.5, 0.6) is 0 Å². The number of methoxy groups -OCH3 is 1. The molecule has 2 aliphatic heterocycles. The van der Waals surface area contributed by atoms with Gasteiger partial charge in [-0.1, -0.05) is 18.6 Å². The number of rotatable bonds is 6. The highest BCUT2D eigenvalue weighted by Gasteiger charge is 2.42. The second-order valence-electron chi connectivity index (χ2n) is 11.1. The number of hydrogen-bond acceptors (Lipinski definition) is 6. The van der Waals surface area contributed by atoms with Crippen LogP contribution in [0.3, 0.4) is 0 Å². The maximum atomic E-state index is 14.3. The van der Waals surface area contributed by atoms with Crippen molar-refractivity contribution in [1.29, 1.82) is 0 Å². The van der Waals surface area contributed by atoms with Crippen LogP contribution in [-0.2, 0) is 17.5 Å². The number of likely N-dealkylation sites (N-methyl/N-ethyl adjacent to an activating group) is 1. The summed E-state index contributed by atoms with van der Waals surface area (Å²) in [4.78, 5) is 28.9. The van der Waals surface area contributed by atoms with Crippen molar-refractivity contribution in [1.82, 2.24) is 18.8 Å². The van der Waals surface area contributed by atoms with Gasteiger partial charge in [-0.25, -0.2) is 14.2 Å². The molecule has 1 aromatic carbocycles. The fraction of sp³-hybridized carbons (Fsp3) is 0.448. The third-order valence-electron chi connectivity index (χ3n) is 8.49. The Labute approximate surface area is 240 Å². The maximum Gasteiger partial charge on any atom is 0.418 e. The van der Waals surface area contributed by atoms with E-state index in [1.54, 1.807) is 17.3 Å². The average molecular weight is 584 g/mol. The average Bonchev–Trinajstić information content (AvgIpc) is 3.52. The van der Waals surface area contributed by atoms with Crippen LogP contribution in [0.4, 0.5) is 18.0 Å². The second-order valence-corrected chi connectivity index (χ2v) is 11.1. The predicted molar refractivity (Wildman–Crippen MR) is 148 cm³/mol. The standard InChI is InChI=1S/C29H32F3N7O3/c1-35-18-33-34-26(35)25(20-5-3-6-20)21-7-4-8-22(14-21)38-17-24-23(29(30,31)32)13-19(16-39(24)27(38)40)15-36-9-11-37(12-10-36)28(41)42-2/h4,7-8,13-14,16-18,20,25H,3,5-6,9-12,15H2,1-2H3/q+1/t25-/m1/s1. The number of benzene rings is 1. The van der Waals surface area contributed by atoms with E-state index in [2.05, 4.69) is 10.2 Å². The van der Waals surface area contributed by atoms with E-state index in [9.17, 15) is 22.8 Å². The smallest absolute Gasteiger partial charge is 0.418 e. The van der Waals surface area contributed by atoms with Gasteiger partial charge in [0.15, 0.2) is 0 Å². The number of carbonyl (C=O) groups is 1. The Kier molecular flexibility index (Phi) is 7.37. The zero-order chi connectivity index (χ0) is 29.6. The number of pyridine rings is 1. The fourth-order valence-corrected chi connectivity index (χ4v) is 6.07. The molecule has 6 rings (SSSR count). The molecule has 0 spiro atoms. The van der Waals surface area contributed by atoms with E-state index in [0.29, 0.717) is 43.3 Å². The van der Waals surface area contributed by atoms with E-state index in [1.165, 1.54) is 24.1 Å². The molecule has 1 amide bonds. The Morgan fingerprint density at radius 2 is 1.90 bits per heavy atom. The molecule has 0 N–H and O–H groups in total. The SMILES string of the molecule is COC(=O)N1CCN(Cc2cc(C(F)(F)F)c3cn(-c4cccc([C@H]([C]5N=NC=[N+]5C)C5CCC5)c4)c(=O)n3c2)CC1. The van der Waals surface area contributed by atoms with Crippen molar-refractivity contribution in [2.24, 2.45) is 16.1 Å². The highest BCUT2D eigenvalue weighted by atomic mass is 19.4. The molecule has 10 nitrogen and oxygen atoms in total. The van der Waals surface area contributed by atoms with Gasteiger partial charge in [-0.05, 0) is 53.2 Å². The molecule has 221 valence electrons. The number of imidazole rings is 1. The molecule has 1 saturated heterocycles. The molecule has 42 heavy (non-hydrogen) atoms. The molecular formula is C29H32F3N7O3+. The number of alkyl halides is 3. The number of hydrogen-bond donors (Lipinski definition) is 0. The van der Waals surface area contributed by atoms with E-state index in [1.807, 2.05) is 34.7 Å². The summed E-state index contributed by atoms with van der Waals surface area (Å²) >= 11 is 0. The van der Waals surface area contributed by atoms with Crippen molar-refractivity contribution in [3.8, 4) is 5.69 Å². The maximum absolute atomic E-state index is 14.3. The lowest BCUT2D eigenvalue weighted by atomic mass is 9.71. The Morgan fingerprint density at radius 1 is 1.14 bits per heavy atom. The van der Waals surface area contributed by atoms with Gasteiger partial charge in [0.1, 0.15) is 0 Å². The van der Waals surface area contributed by atoms with Gasteiger partial charge in [-0.2, -0.15) is 13.2 Å². The van der Waals surface area contributed by atoms with E-state index >= 15 is 0 Å². The van der Waals surface area contributed by atoms with E-state index in [4.69, 9.17) is 4.74 Å². The molecule has 1 saturated carbocycles. The van der Waals surface area contributed by atoms with Gasteiger partial charge in [0.2, 0.25) is 0 Å². The quantitative estimate of drug-likeness (QED) is 0.400. The van der Waals surface area contributed by atoms with E-state index < -0.39 is 23.5 Å². The number of amides is 1. The first-order chi connectivity index (χ1) is 20.1. The van der Waals surface area contributed by atoms with Crippen LogP contribution in [-0.4, -0.2) is 76.1 Å². The normalized spacial score (nSPS) is 19.3. The van der Waals surface area contributed by atoms with Crippen molar-refractivity contribution in [3.05, 3.63) is 76.1 Å². The monoisotopic (exact) mass is 583 g/mol. The zero-order valence-electron chi connectivity index (χ0n) is 23.4. The minimum absolute atomic E-state index is 0.0316.